The van der Waals surface area contributed by atoms with E-state index in [-0.39, 0.29) is 11.9 Å². The maximum atomic E-state index is 11.7. The Bertz CT molecular complexity index is 257. The average Bonchev–Trinajstić information content (AvgIpc) is 2.33. The van der Waals surface area contributed by atoms with Gasteiger partial charge in [-0.25, -0.2) is 0 Å². The summed E-state index contributed by atoms with van der Waals surface area (Å²) in [7, 11) is 0. The van der Waals surface area contributed by atoms with E-state index in [0.717, 1.165) is 31.2 Å². The van der Waals surface area contributed by atoms with E-state index >= 15 is 0 Å². The normalized spacial score (nSPS) is 34.8. The zero-order valence-electron chi connectivity index (χ0n) is 11.2. The largest absolute Gasteiger partial charge is 0.355 e. The van der Waals surface area contributed by atoms with Gasteiger partial charge in [0, 0.05) is 12.6 Å². The number of carbonyl (C=O) groups is 1. The number of hydrogen-bond donors (Lipinski definition) is 2. The fourth-order valence-electron chi connectivity index (χ4n) is 3.17. The van der Waals surface area contributed by atoms with E-state index in [9.17, 15) is 4.79 Å². The number of amides is 1. The summed E-state index contributed by atoms with van der Waals surface area (Å²) < 4.78 is 0. The second kappa shape index (κ2) is 5.85. The van der Waals surface area contributed by atoms with Crippen molar-refractivity contribution in [3.63, 3.8) is 0 Å². The van der Waals surface area contributed by atoms with Gasteiger partial charge in [-0.3, -0.25) is 4.79 Å². The third-order valence-corrected chi connectivity index (χ3v) is 4.44. The zero-order chi connectivity index (χ0) is 12.3. The number of piperidine rings is 1. The molecular formula is C14H26N2O. The summed E-state index contributed by atoms with van der Waals surface area (Å²) in [6, 6.07) is 0.642. The van der Waals surface area contributed by atoms with Crippen LogP contribution in [0.3, 0.4) is 0 Å². The van der Waals surface area contributed by atoms with Crippen molar-refractivity contribution in [3.8, 4) is 0 Å². The highest BCUT2D eigenvalue weighted by molar-refractivity contribution is 5.82. The van der Waals surface area contributed by atoms with E-state index in [1.807, 2.05) is 0 Å². The molecule has 0 bridgehead atoms. The summed E-state index contributed by atoms with van der Waals surface area (Å²) in [6.45, 7) is 5.51. The summed E-state index contributed by atoms with van der Waals surface area (Å²) in [5.74, 6) is 1.92. The van der Waals surface area contributed by atoms with E-state index in [4.69, 9.17) is 0 Å². The van der Waals surface area contributed by atoms with Crippen molar-refractivity contribution in [1.29, 1.82) is 0 Å². The maximum Gasteiger partial charge on any atom is 0.237 e. The molecule has 3 heteroatoms. The van der Waals surface area contributed by atoms with Crippen molar-refractivity contribution in [2.75, 3.05) is 6.54 Å². The molecule has 0 spiro atoms. The van der Waals surface area contributed by atoms with Crippen LogP contribution in [0.15, 0.2) is 0 Å². The van der Waals surface area contributed by atoms with Gasteiger partial charge in [0.25, 0.3) is 0 Å². The van der Waals surface area contributed by atoms with Crippen molar-refractivity contribution in [2.24, 2.45) is 11.8 Å². The van der Waals surface area contributed by atoms with Crippen LogP contribution in [0.1, 0.15) is 52.4 Å². The van der Waals surface area contributed by atoms with Crippen molar-refractivity contribution >= 4 is 5.91 Å². The summed E-state index contributed by atoms with van der Waals surface area (Å²) in [5.41, 5.74) is 0. The molecule has 2 N–H and O–H groups in total. The van der Waals surface area contributed by atoms with Crippen molar-refractivity contribution in [1.82, 2.24) is 10.6 Å². The Morgan fingerprint density at radius 3 is 2.47 bits per heavy atom. The summed E-state index contributed by atoms with van der Waals surface area (Å²) in [5, 5.41) is 6.50. The van der Waals surface area contributed by atoms with Crippen LogP contribution < -0.4 is 10.6 Å². The second-order valence-electron chi connectivity index (χ2n) is 6.01. The molecule has 1 heterocycles. The van der Waals surface area contributed by atoms with Crippen molar-refractivity contribution < 1.29 is 4.79 Å². The molecule has 0 aromatic rings. The van der Waals surface area contributed by atoms with E-state index in [0.29, 0.717) is 6.04 Å². The zero-order valence-corrected chi connectivity index (χ0v) is 11.2. The SMILES string of the molecule is CC(C)C1CCC(NC2CCCNC2=O)CC1. The highest BCUT2D eigenvalue weighted by Crippen LogP contribution is 2.30. The molecule has 17 heavy (non-hydrogen) atoms. The van der Waals surface area contributed by atoms with Gasteiger partial charge in [-0.15, -0.1) is 0 Å². The van der Waals surface area contributed by atoms with Gasteiger partial charge in [0.2, 0.25) is 5.91 Å². The Balaban J connectivity index is 1.75. The summed E-state index contributed by atoms with van der Waals surface area (Å²) >= 11 is 0. The fourth-order valence-corrected chi connectivity index (χ4v) is 3.17. The van der Waals surface area contributed by atoms with Crippen LogP contribution in [0.4, 0.5) is 0 Å². The lowest BCUT2D eigenvalue weighted by Crippen LogP contribution is -2.52. The van der Waals surface area contributed by atoms with Crippen LogP contribution in [0, 0.1) is 11.8 Å². The molecule has 1 aliphatic carbocycles. The molecule has 1 atom stereocenters. The van der Waals surface area contributed by atoms with Gasteiger partial charge in [0.05, 0.1) is 6.04 Å². The van der Waals surface area contributed by atoms with Crippen LogP contribution in [-0.2, 0) is 4.79 Å². The van der Waals surface area contributed by atoms with Crippen LogP contribution in [0.2, 0.25) is 0 Å². The average molecular weight is 238 g/mol. The smallest absolute Gasteiger partial charge is 0.237 e. The molecule has 0 radical (unpaired) electrons. The fraction of sp³-hybridized carbons (Fsp3) is 0.929. The van der Waals surface area contributed by atoms with E-state index in [2.05, 4.69) is 24.5 Å². The van der Waals surface area contributed by atoms with E-state index in [1.54, 1.807) is 0 Å². The van der Waals surface area contributed by atoms with Crippen molar-refractivity contribution in [2.45, 2.75) is 64.5 Å². The molecule has 1 saturated carbocycles. The van der Waals surface area contributed by atoms with E-state index < -0.39 is 0 Å². The molecule has 0 aromatic carbocycles. The van der Waals surface area contributed by atoms with Crippen LogP contribution in [-0.4, -0.2) is 24.5 Å². The van der Waals surface area contributed by atoms with Gasteiger partial charge in [-0.1, -0.05) is 13.8 Å². The summed E-state index contributed by atoms with van der Waals surface area (Å²) in [6.07, 6.45) is 7.26. The Kier molecular flexibility index (Phi) is 4.43. The molecular weight excluding hydrogens is 212 g/mol. The predicted octanol–water partition coefficient (Wildman–Crippen LogP) is 2.07. The summed E-state index contributed by atoms with van der Waals surface area (Å²) in [4.78, 5) is 11.7. The lowest BCUT2D eigenvalue weighted by atomic mass is 9.79. The second-order valence-corrected chi connectivity index (χ2v) is 6.01. The highest BCUT2D eigenvalue weighted by atomic mass is 16.2. The van der Waals surface area contributed by atoms with Crippen molar-refractivity contribution in [3.05, 3.63) is 0 Å². The monoisotopic (exact) mass is 238 g/mol. The molecule has 1 saturated heterocycles. The lowest BCUT2D eigenvalue weighted by Gasteiger charge is -2.34. The molecule has 1 unspecified atom stereocenters. The number of rotatable bonds is 3. The molecule has 2 fully saturated rings. The molecule has 2 aliphatic rings. The maximum absolute atomic E-state index is 11.7. The molecule has 98 valence electrons. The molecule has 1 aliphatic heterocycles. The minimum Gasteiger partial charge on any atom is -0.355 e. The third kappa shape index (κ3) is 3.44. The molecule has 0 aromatic heterocycles. The number of nitrogens with one attached hydrogen (secondary N) is 2. The Hall–Kier alpha value is -0.570. The predicted molar refractivity (Wildman–Crippen MR) is 69.8 cm³/mol. The van der Waals surface area contributed by atoms with Crippen LogP contribution in [0.5, 0.6) is 0 Å². The first-order chi connectivity index (χ1) is 8.16. The Labute approximate surface area is 105 Å². The topological polar surface area (TPSA) is 41.1 Å². The first-order valence-electron chi connectivity index (χ1n) is 7.20. The van der Waals surface area contributed by atoms with Crippen LogP contribution in [0.25, 0.3) is 0 Å². The third-order valence-electron chi connectivity index (χ3n) is 4.44. The molecule has 1 amide bonds. The van der Waals surface area contributed by atoms with Gasteiger partial charge in [-0.2, -0.15) is 0 Å². The standard InChI is InChI=1S/C14H26N2O/c1-10(2)11-5-7-12(8-6-11)16-13-4-3-9-15-14(13)17/h10-13,16H,3-9H2,1-2H3,(H,15,17). The molecule has 3 nitrogen and oxygen atoms in total. The lowest BCUT2D eigenvalue weighted by molar-refractivity contribution is -0.124. The first kappa shape index (κ1) is 12.9. The van der Waals surface area contributed by atoms with E-state index in [1.165, 1.54) is 25.7 Å². The quantitative estimate of drug-likeness (QED) is 0.790. The van der Waals surface area contributed by atoms with Gasteiger partial charge >= 0.3 is 0 Å². The minimum atomic E-state index is 0.0735. The van der Waals surface area contributed by atoms with Gasteiger partial charge in [-0.05, 0) is 50.4 Å². The highest BCUT2D eigenvalue weighted by Gasteiger charge is 2.28. The number of hydrogen-bond acceptors (Lipinski definition) is 2. The molecule has 2 rings (SSSR count). The van der Waals surface area contributed by atoms with Crippen LogP contribution >= 0.6 is 0 Å². The Morgan fingerprint density at radius 1 is 1.18 bits per heavy atom. The van der Waals surface area contributed by atoms with Gasteiger partial charge in [0.15, 0.2) is 0 Å². The minimum absolute atomic E-state index is 0.0735. The Morgan fingerprint density at radius 2 is 1.88 bits per heavy atom. The first-order valence-corrected chi connectivity index (χ1v) is 7.20. The van der Waals surface area contributed by atoms with Gasteiger partial charge in [0.1, 0.15) is 0 Å². The number of carbonyl (C=O) groups excluding carboxylic acids is 1. The van der Waals surface area contributed by atoms with Gasteiger partial charge < -0.3 is 10.6 Å².